The number of carbonyl (C=O) groups is 1. The van der Waals surface area contributed by atoms with E-state index in [1.54, 1.807) is 14.0 Å². The summed E-state index contributed by atoms with van der Waals surface area (Å²) in [6.45, 7) is 7.45. The molecule has 0 saturated heterocycles. The Balaban J connectivity index is 4.22. The maximum absolute atomic E-state index is 10.7. The molecule has 0 rings (SSSR count). The first kappa shape index (κ1) is 12.4. The standard InChI is InChI=1S/C9H19NO3/c1-6(13-9(2,3)4)7(10-5)8(11)12/h6-7,10H,1-5H3,(H,11,12). The van der Waals surface area contributed by atoms with Crippen molar-refractivity contribution in [2.75, 3.05) is 7.05 Å². The summed E-state index contributed by atoms with van der Waals surface area (Å²) in [5.74, 6) is -0.890. The van der Waals surface area contributed by atoms with Crippen LogP contribution in [0.25, 0.3) is 0 Å². The van der Waals surface area contributed by atoms with E-state index in [1.807, 2.05) is 20.8 Å². The molecule has 4 heteroatoms. The maximum Gasteiger partial charge on any atom is 0.323 e. The second-order valence-electron chi connectivity index (χ2n) is 4.04. The molecule has 2 unspecified atom stereocenters. The van der Waals surface area contributed by atoms with E-state index in [-0.39, 0.29) is 11.7 Å². The van der Waals surface area contributed by atoms with Crippen molar-refractivity contribution in [2.45, 2.75) is 45.4 Å². The van der Waals surface area contributed by atoms with Crippen molar-refractivity contribution in [1.29, 1.82) is 0 Å². The van der Waals surface area contributed by atoms with Crippen LogP contribution in [0.3, 0.4) is 0 Å². The first-order valence-corrected chi connectivity index (χ1v) is 4.36. The molecule has 0 aromatic rings. The minimum atomic E-state index is -0.890. The van der Waals surface area contributed by atoms with Gasteiger partial charge in [-0.05, 0) is 34.7 Å². The molecule has 13 heavy (non-hydrogen) atoms. The number of aliphatic carboxylic acids is 1. The summed E-state index contributed by atoms with van der Waals surface area (Å²) in [6.07, 6.45) is -0.345. The van der Waals surface area contributed by atoms with E-state index in [2.05, 4.69) is 5.32 Å². The van der Waals surface area contributed by atoms with Gasteiger partial charge in [-0.15, -0.1) is 0 Å². The van der Waals surface area contributed by atoms with Crippen molar-refractivity contribution in [3.8, 4) is 0 Å². The van der Waals surface area contributed by atoms with E-state index < -0.39 is 12.0 Å². The molecule has 0 radical (unpaired) electrons. The first-order chi connectivity index (χ1) is 5.78. The van der Waals surface area contributed by atoms with Gasteiger partial charge in [-0.3, -0.25) is 4.79 Å². The Morgan fingerprint density at radius 1 is 1.46 bits per heavy atom. The van der Waals surface area contributed by atoms with Crippen LogP contribution >= 0.6 is 0 Å². The predicted octanol–water partition coefficient (Wildman–Crippen LogP) is 0.863. The fourth-order valence-corrected chi connectivity index (χ4v) is 1.18. The van der Waals surface area contributed by atoms with Crippen LogP contribution in [-0.4, -0.2) is 35.9 Å². The van der Waals surface area contributed by atoms with Gasteiger partial charge in [-0.1, -0.05) is 0 Å². The molecule has 0 bridgehead atoms. The van der Waals surface area contributed by atoms with Gasteiger partial charge in [0.1, 0.15) is 6.04 Å². The third-order valence-corrected chi connectivity index (χ3v) is 1.59. The highest BCUT2D eigenvalue weighted by atomic mass is 16.5. The molecule has 0 aliphatic heterocycles. The monoisotopic (exact) mass is 189 g/mol. The summed E-state index contributed by atoms with van der Waals surface area (Å²) in [6, 6.07) is -0.653. The third kappa shape index (κ3) is 4.85. The van der Waals surface area contributed by atoms with E-state index in [0.29, 0.717) is 0 Å². The summed E-state index contributed by atoms with van der Waals surface area (Å²) in [4.78, 5) is 10.7. The van der Waals surface area contributed by atoms with Gasteiger partial charge < -0.3 is 15.2 Å². The predicted molar refractivity (Wildman–Crippen MR) is 50.8 cm³/mol. The third-order valence-electron chi connectivity index (χ3n) is 1.59. The van der Waals surface area contributed by atoms with Gasteiger partial charge in [-0.25, -0.2) is 0 Å². The van der Waals surface area contributed by atoms with Crippen LogP contribution in [0.4, 0.5) is 0 Å². The van der Waals surface area contributed by atoms with Crippen molar-refractivity contribution < 1.29 is 14.6 Å². The molecule has 0 aromatic carbocycles. The van der Waals surface area contributed by atoms with Gasteiger partial charge >= 0.3 is 5.97 Å². The van der Waals surface area contributed by atoms with Crippen molar-refractivity contribution in [1.82, 2.24) is 5.32 Å². The molecular formula is C9H19NO3. The molecule has 2 N–H and O–H groups in total. The Labute approximate surface area is 79.3 Å². The number of rotatable bonds is 4. The van der Waals surface area contributed by atoms with Gasteiger partial charge in [0.25, 0.3) is 0 Å². The van der Waals surface area contributed by atoms with Crippen LogP contribution in [0.5, 0.6) is 0 Å². The quantitative estimate of drug-likeness (QED) is 0.688. The van der Waals surface area contributed by atoms with Crippen molar-refractivity contribution in [3.05, 3.63) is 0 Å². The summed E-state index contributed by atoms with van der Waals surface area (Å²) in [7, 11) is 1.61. The highest BCUT2D eigenvalue weighted by molar-refractivity contribution is 5.74. The number of nitrogens with one attached hydrogen (secondary N) is 1. The zero-order valence-electron chi connectivity index (χ0n) is 8.92. The van der Waals surface area contributed by atoms with Crippen LogP contribution in [0, 0.1) is 0 Å². The molecule has 0 aromatic heterocycles. The van der Waals surface area contributed by atoms with Gasteiger partial charge in [0.15, 0.2) is 0 Å². The van der Waals surface area contributed by atoms with Crippen LogP contribution in [-0.2, 0) is 9.53 Å². The van der Waals surface area contributed by atoms with Crippen molar-refractivity contribution in [2.24, 2.45) is 0 Å². The number of ether oxygens (including phenoxy) is 1. The summed E-state index contributed by atoms with van der Waals surface area (Å²) >= 11 is 0. The lowest BCUT2D eigenvalue weighted by Gasteiger charge is -2.28. The molecule has 0 aliphatic carbocycles. The molecule has 0 saturated carbocycles. The van der Waals surface area contributed by atoms with Gasteiger partial charge in [0.2, 0.25) is 0 Å². The minimum Gasteiger partial charge on any atom is -0.480 e. The smallest absolute Gasteiger partial charge is 0.323 e. The molecule has 4 nitrogen and oxygen atoms in total. The second kappa shape index (κ2) is 4.58. The molecule has 0 heterocycles. The van der Waals surface area contributed by atoms with Crippen LogP contribution in [0.1, 0.15) is 27.7 Å². The summed E-state index contributed by atoms with van der Waals surface area (Å²) < 4.78 is 5.51. The minimum absolute atomic E-state index is 0.316. The zero-order valence-corrected chi connectivity index (χ0v) is 8.92. The Bertz CT molecular complexity index is 174. The van der Waals surface area contributed by atoms with Crippen molar-refractivity contribution >= 4 is 5.97 Å². The highest BCUT2D eigenvalue weighted by Crippen LogP contribution is 2.12. The molecule has 0 fully saturated rings. The highest BCUT2D eigenvalue weighted by Gasteiger charge is 2.27. The molecule has 2 atom stereocenters. The zero-order chi connectivity index (χ0) is 10.6. The fraction of sp³-hybridized carbons (Fsp3) is 0.889. The van der Waals surface area contributed by atoms with E-state index >= 15 is 0 Å². The van der Waals surface area contributed by atoms with Gasteiger partial charge in [0, 0.05) is 0 Å². The Hall–Kier alpha value is -0.610. The SMILES string of the molecule is CNC(C(=O)O)C(C)OC(C)(C)C. The number of likely N-dealkylation sites (N-methyl/N-ethyl adjacent to an activating group) is 1. The Kier molecular flexibility index (Phi) is 4.36. The van der Waals surface area contributed by atoms with Crippen LogP contribution in [0.15, 0.2) is 0 Å². The average molecular weight is 189 g/mol. The Morgan fingerprint density at radius 2 is 1.92 bits per heavy atom. The van der Waals surface area contributed by atoms with E-state index in [0.717, 1.165) is 0 Å². The molecule has 0 aliphatic rings. The van der Waals surface area contributed by atoms with E-state index in [4.69, 9.17) is 9.84 Å². The molecule has 0 amide bonds. The maximum atomic E-state index is 10.7. The lowest BCUT2D eigenvalue weighted by atomic mass is 10.1. The second-order valence-corrected chi connectivity index (χ2v) is 4.04. The lowest BCUT2D eigenvalue weighted by Crippen LogP contribution is -2.46. The van der Waals surface area contributed by atoms with E-state index in [1.165, 1.54) is 0 Å². The number of hydrogen-bond donors (Lipinski definition) is 2. The van der Waals surface area contributed by atoms with Gasteiger partial charge in [0.05, 0.1) is 11.7 Å². The largest absolute Gasteiger partial charge is 0.480 e. The number of carboxylic acid groups (broad SMARTS) is 1. The first-order valence-electron chi connectivity index (χ1n) is 4.36. The number of hydrogen-bond acceptors (Lipinski definition) is 3. The van der Waals surface area contributed by atoms with Crippen molar-refractivity contribution in [3.63, 3.8) is 0 Å². The normalized spacial score (nSPS) is 16.7. The Morgan fingerprint density at radius 3 is 2.15 bits per heavy atom. The van der Waals surface area contributed by atoms with E-state index in [9.17, 15) is 4.79 Å². The van der Waals surface area contributed by atoms with Crippen LogP contribution < -0.4 is 5.32 Å². The summed E-state index contributed by atoms with van der Waals surface area (Å²) in [5.41, 5.74) is -0.316. The molecule has 78 valence electrons. The lowest BCUT2D eigenvalue weighted by molar-refractivity contribution is -0.147. The summed E-state index contributed by atoms with van der Waals surface area (Å²) in [5, 5.41) is 11.5. The van der Waals surface area contributed by atoms with Crippen LogP contribution in [0.2, 0.25) is 0 Å². The number of carboxylic acids is 1. The average Bonchev–Trinajstić information content (AvgIpc) is 1.82. The molecule has 0 spiro atoms. The van der Waals surface area contributed by atoms with Gasteiger partial charge in [-0.2, -0.15) is 0 Å². The fourth-order valence-electron chi connectivity index (χ4n) is 1.18. The topological polar surface area (TPSA) is 58.6 Å². The molecular weight excluding hydrogens is 170 g/mol.